The highest BCUT2D eigenvalue weighted by atomic mass is 32.2. The molecule has 0 bridgehead atoms. The molecule has 3 amide bonds. The van der Waals surface area contributed by atoms with E-state index in [1.807, 2.05) is 0 Å². The van der Waals surface area contributed by atoms with Crippen molar-refractivity contribution in [3.8, 4) is 0 Å². The fourth-order valence-corrected chi connectivity index (χ4v) is 6.22. The van der Waals surface area contributed by atoms with Crippen molar-refractivity contribution in [1.82, 2.24) is 29.5 Å². The second kappa shape index (κ2) is 12.2. The molecule has 8 N–H and O–H groups in total. The van der Waals surface area contributed by atoms with Crippen molar-refractivity contribution in [2.45, 2.75) is 42.8 Å². The summed E-state index contributed by atoms with van der Waals surface area (Å²) in [7, 11) is 0. The quantitative estimate of drug-likeness (QED) is 0.0591. The molecule has 0 radical (unpaired) electrons. The van der Waals surface area contributed by atoms with Crippen LogP contribution in [0.15, 0.2) is 39.0 Å². The lowest BCUT2D eigenvalue weighted by atomic mass is 10.0. The molecule has 2 atom stereocenters. The van der Waals surface area contributed by atoms with E-state index in [-0.39, 0.29) is 34.2 Å². The van der Waals surface area contributed by atoms with E-state index < -0.39 is 46.6 Å². The van der Waals surface area contributed by atoms with Crippen molar-refractivity contribution >= 4 is 81.5 Å². The van der Waals surface area contributed by atoms with Crippen LogP contribution in [0.4, 0.5) is 21.7 Å². The Morgan fingerprint density at radius 3 is 2.64 bits per heavy atom. The first-order chi connectivity index (χ1) is 19.8. The molecule has 1 fully saturated rings. The normalized spacial score (nSPS) is 18.9. The molecule has 4 rings (SSSR count). The summed E-state index contributed by atoms with van der Waals surface area (Å²) in [5.41, 5.74) is 9.99. The molecule has 0 aromatic carbocycles. The minimum atomic E-state index is -1.33. The molecule has 222 valence electrons. The summed E-state index contributed by atoms with van der Waals surface area (Å²) in [6.45, 7) is 5.02. The number of fused-ring (bicyclic) bond motifs is 1. The molecule has 17 nitrogen and oxygen atoms in total. The average Bonchev–Trinajstić information content (AvgIpc) is 3.33. The lowest BCUT2D eigenvalue weighted by molar-refractivity contribution is -0.150. The van der Waals surface area contributed by atoms with E-state index >= 15 is 0 Å². The SMILES string of the molecule is CC(C)(C)OC(=O)Nc1nc(/C(=N\O)C(=O)N[C@@H]2C(=O)N3C(C(=O)O)=C(/C=C/Sc4cc(N)nc(N)n4)CS[C@H]23)ns1. The molecular weight excluding hydrogens is 613 g/mol. The van der Waals surface area contributed by atoms with Crippen LogP contribution >= 0.6 is 35.1 Å². The van der Waals surface area contributed by atoms with Crippen LogP contribution in [-0.2, 0) is 19.1 Å². The number of ether oxygens (including phenoxy) is 1. The Morgan fingerprint density at radius 2 is 2.00 bits per heavy atom. The summed E-state index contributed by atoms with van der Waals surface area (Å²) in [6, 6.07) is 0.387. The van der Waals surface area contributed by atoms with Gasteiger partial charge in [0.15, 0.2) is 0 Å². The van der Waals surface area contributed by atoms with Gasteiger partial charge in [-0.2, -0.15) is 14.3 Å². The fraction of sp³-hybridized carbons (Fsp3) is 0.318. The van der Waals surface area contributed by atoms with E-state index in [4.69, 9.17) is 16.2 Å². The Hall–Kier alpha value is -4.43. The van der Waals surface area contributed by atoms with Crippen molar-refractivity contribution in [3.63, 3.8) is 0 Å². The third kappa shape index (κ3) is 6.89. The van der Waals surface area contributed by atoms with Gasteiger partial charge in [0.1, 0.15) is 33.6 Å². The van der Waals surface area contributed by atoms with E-state index in [2.05, 4.69) is 35.1 Å². The maximum absolute atomic E-state index is 13.0. The number of hydrogen-bond donors (Lipinski definition) is 6. The van der Waals surface area contributed by atoms with E-state index in [9.17, 15) is 29.5 Å². The highest BCUT2D eigenvalue weighted by Crippen LogP contribution is 2.41. The number of carboxylic acids is 1. The van der Waals surface area contributed by atoms with Crippen LogP contribution in [0.1, 0.15) is 26.6 Å². The number of nitrogens with one attached hydrogen (secondary N) is 2. The number of aliphatic carboxylic acids is 1. The Labute approximate surface area is 250 Å². The van der Waals surface area contributed by atoms with E-state index in [0.717, 1.165) is 16.7 Å². The van der Waals surface area contributed by atoms with Crippen molar-refractivity contribution in [2.75, 3.05) is 22.5 Å². The largest absolute Gasteiger partial charge is 0.477 e. The number of carbonyl (C=O) groups excluding carboxylic acids is 3. The first-order valence-electron chi connectivity index (χ1n) is 11.8. The van der Waals surface area contributed by atoms with Gasteiger partial charge in [0, 0.05) is 23.4 Å². The third-order valence-electron chi connectivity index (χ3n) is 5.25. The van der Waals surface area contributed by atoms with Gasteiger partial charge in [-0.05, 0) is 37.8 Å². The molecule has 2 aromatic rings. The summed E-state index contributed by atoms with van der Waals surface area (Å²) in [6.07, 6.45) is 0.739. The van der Waals surface area contributed by atoms with Crippen molar-refractivity contribution in [2.24, 2.45) is 5.16 Å². The fourth-order valence-electron chi connectivity index (χ4n) is 3.64. The Bertz CT molecular complexity index is 1510. The van der Waals surface area contributed by atoms with Gasteiger partial charge in [-0.1, -0.05) is 16.9 Å². The Balaban J connectivity index is 1.42. The smallest absolute Gasteiger partial charge is 0.414 e. The monoisotopic (exact) mass is 636 g/mol. The summed E-state index contributed by atoms with van der Waals surface area (Å²) in [5.74, 6) is -2.92. The third-order valence-corrected chi connectivity index (χ3v) is 7.90. The number of carboxylic acid groups (broad SMARTS) is 1. The molecule has 0 saturated carbocycles. The molecule has 0 spiro atoms. The molecule has 20 heteroatoms. The number of rotatable bonds is 8. The number of carbonyl (C=O) groups is 4. The number of oxime groups is 1. The molecule has 0 unspecified atom stereocenters. The van der Waals surface area contributed by atoms with E-state index in [1.165, 1.54) is 17.8 Å². The molecule has 1 saturated heterocycles. The molecule has 4 heterocycles. The zero-order valence-corrected chi connectivity index (χ0v) is 24.5. The van der Waals surface area contributed by atoms with Gasteiger partial charge in [-0.25, -0.2) is 14.6 Å². The molecular formula is C22H24N10O7S3. The minimum absolute atomic E-state index is 0.00969. The van der Waals surface area contributed by atoms with Crippen LogP contribution < -0.4 is 22.1 Å². The Morgan fingerprint density at radius 1 is 1.26 bits per heavy atom. The lowest BCUT2D eigenvalue weighted by Gasteiger charge is -2.49. The number of allylic oxidation sites excluding steroid dienone is 1. The summed E-state index contributed by atoms with van der Waals surface area (Å²) in [5, 5.41) is 28.3. The van der Waals surface area contributed by atoms with Gasteiger partial charge in [-0.3, -0.25) is 19.8 Å². The first kappa shape index (κ1) is 30.5. The van der Waals surface area contributed by atoms with E-state index in [0.29, 0.717) is 22.1 Å². The number of nitrogens with zero attached hydrogens (tertiary/aromatic N) is 6. The van der Waals surface area contributed by atoms with Gasteiger partial charge in [-0.15, -0.1) is 11.8 Å². The second-order valence-electron chi connectivity index (χ2n) is 9.45. The highest BCUT2D eigenvalue weighted by molar-refractivity contribution is 8.02. The number of amides is 3. The van der Waals surface area contributed by atoms with Gasteiger partial charge in [0.25, 0.3) is 11.8 Å². The number of aromatic nitrogens is 4. The minimum Gasteiger partial charge on any atom is -0.477 e. The van der Waals surface area contributed by atoms with Crippen LogP contribution in [0.2, 0.25) is 0 Å². The number of nitrogen functional groups attached to an aromatic ring is 2. The Kier molecular flexibility index (Phi) is 8.87. The van der Waals surface area contributed by atoms with Crippen LogP contribution in [0.3, 0.4) is 0 Å². The molecule has 0 aliphatic carbocycles. The molecule has 2 aromatic heterocycles. The van der Waals surface area contributed by atoms with Gasteiger partial charge < -0.3 is 31.8 Å². The number of nitrogens with two attached hydrogens (primary N) is 2. The predicted molar refractivity (Wildman–Crippen MR) is 154 cm³/mol. The maximum Gasteiger partial charge on any atom is 0.414 e. The van der Waals surface area contributed by atoms with Crippen molar-refractivity contribution < 1.29 is 34.2 Å². The summed E-state index contributed by atoms with van der Waals surface area (Å²) < 4.78 is 9.03. The topological polar surface area (TPSA) is 261 Å². The predicted octanol–water partition coefficient (Wildman–Crippen LogP) is 1.06. The number of thioether (sulfide) groups is 2. The number of anilines is 3. The summed E-state index contributed by atoms with van der Waals surface area (Å²) >= 11 is 3.07. The summed E-state index contributed by atoms with van der Waals surface area (Å²) in [4.78, 5) is 62.8. The van der Waals surface area contributed by atoms with Crippen LogP contribution in [0.25, 0.3) is 0 Å². The highest BCUT2D eigenvalue weighted by Gasteiger charge is 2.54. The van der Waals surface area contributed by atoms with Crippen molar-refractivity contribution in [3.05, 3.63) is 34.6 Å². The number of hydrogen-bond acceptors (Lipinski definition) is 16. The standard InChI is InChI=1S/C22H24N10O7S3/c1-22(2,3)39-21(37)29-20-28-14(31-42-20)11(30-38)15(33)27-12-16(34)32-13(18(35)36)8(7-41-17(12)32)4-5-40-10-6-9(23)25-19(24)26-10/h4-6,12,17,38H,7H2,1-3H3,(H,27,33)(H,35,36)(H4,23,24,25,26)(H,28,29,31,37)/b5-4+,30-11+/t12-,17-/m1/s1. The molecule has 2 aliphatic heterocycles. The van der Waals surface area contributed by atoms with E-state index in [1.54, 1.807) is 32.3 Å². The van der Waals surface area contributed by atoms with Crippen LogP contribution in [0, 0.1) is 0 Å². The maximum atomic E-state index is 13.0. The molecule has 2 aliphatic rings. The van der Waals surface area contributed by atoms with Crippen molar-refractivity contribution in [1.29, 1.82) is 0 Å². The second-order valence-corrected chi connectivity index (χ2v) is 12.2. The van der Waals surface area contributed by atoms with Crippen LogP contribution in [-0.4, -0.2) is 86.9 Å². The van der Waals surface area contributed by atoms with Crippen LogP contribution in [0.5, 0.6) is 0 Å². The lowest BCUT2D eigenvalue weighted by Crippen LogP contribution is -2.71. The molecule has 42 heavy (non-hydrogen) atoms. The number of β-lactam (4-membered cyclic amide) rings is 1. The first-order valence-corrected chi connectivity index (χ1v) is 14.5. The van der Waals surface area contributed by atoms with Gasteiger partial charge >= 0.3 is 12.1 Å². The van der Waals surface area contributed by atoms with Gasteiger partial charge in [0.2, 0.25) is 22.6 Å². The zero-order chi connectivity index (χ0) is 30.8. The van der Waals surface area contributed by atoms with Gasteiger partial charge in [0.05, 0.1) is 0 Å². The zero-order valence-electron chi connectivity index (χ0n) is 22.1. The average molecular weight is 637 g/mol.